The van der Waals surface area contributed by atoms with Gasteiger partial charge in [0.15, 0.2) is 0 Å². The van der Waals surface area contributed by atoms with Crippen molar-refractivity contribution in [3.8, 4) is 0 Å². The summed E-state index contributed by atoms with van der Waals surface area (Å²) >= 11 is 0. The van der Waals surface area contributed by atoms with E-state index in [1.54, 1.807) is 6.20 Å². The van der Waals surface area contributed by atoms with Crippen LogP contribution in [0.3, 0.4) is 0 Å². The predicted molar refractivity (Wildman–Crippen MR) is 89.0 cm³/mol. The van der Waals surface area contributed by atoms with E-state index in [-0.39, 0.29) is 24.4 Å². The van der Waals surface area contributed by atoms with E-state index in [1.165, 1.54) is 0 Å². The lowest BCUT2D eigenvalue weighted by Crippen LogP contribution is -2.49. The number of piperazine rings is 1. The number of rotatable bonds is 3. The fourth-order valence-electron chi connectivity index (χ4n) is 2.75. The molecule has 1 fully saturated rings. The molecule has 116 valence electrons. The third-order valence-electron chi connectivity index (χ3n) is 3.83. The largest absolute Gasteiger partial charge is 0.333 e. The molecule has 1 saturated heterocycles. The van der Waals surface area contributed by atoms with Gasteiger partial charge in [0, 0.05) is 32.0 Å². The fourth-order valence-corrected chi connectivity index (χ4v) is 2.75. The second-order valence-electron chi connectivity index (χ2n) is 5.26. The number of nitrogens with zero attached hydrogens (tertiary/aromatic N) is 2. The summed E-state index contributed by atoms with van der Waals surface area (Å²) in [7, 11) is 0. The number of carbonyl (C=O) groups is 1. The molecule has 0 radical (unpaired) electrons. The van der Waals surface area contributed by atoms with Gasteiger partial charge < -0.3 is 10.2 Å². The molecule has 1 aromatic heterocycles. The third kappa shape index (κ3) is 3.84. The molecule has 0 saturated carbocycles. The summed E-state index contributed by atoms with van der Waals surface area (Å²) in [6, 6.07) is 13.9. The lowest BCUT2D eigenvalue weighted by molar-refractivity contribution is -0.133. The molecule has 1 N–H and O–H groups in total. The van der Waals surface area contributed by atoms with Gasteiger partial charge in [0.2, 0.25) is 5.91 Å². The first kappa shape index (κ1) is 16.5. The summed E-state index contributed by atoms with van der Waals surface area (Å²) in [5, 5.41) is 3.36. The molecule has 22 heavy (non-hydrogen) atoms. The number of aromatic nitrogens is 1. The zero-order valence-electron chi connectivity index (χ0n) is 12.3. The van der Waals surface area contributed by atoms with Crippen LogP contribution in [0.25, 0.3) is 0 Å². The minimum atomic E-state index is 0. The van der Waals surface area contributed by atoms with Gasteiger partial charge in [-0.3, -0.25) is 9.78 Å². The lowest BCUT2D eigenvalue weighted by atomic mass is 10.0. The summed E-state index contributed by atoms with van der Waals surface area (Å²) in [6.45, 7) is 2.37. The highest BCUT2D eigenvalue weighted by Gasteiger charge is 2.27. The number of pyridine rings is 1. The van der Waals surface area contributed by atoms with Crippen LogP contribution in [0.4, 0.5) is 0 Å². The van der Waals surface area contributed by atoms with Gasteiger partial charge in [0.25, 0.3) is 0 Å². The summed E-state index contributed by atoms with van der Waals surface area (Å²) in [5.41, 5.74) is 2.15. The maximum atomic E-state index is 12.6. The van der Waals surface area contributed by atoms with Crippen LogP contribution in [0.2, 0.25) is 0 Å². The van der Waals surface area contributed by atoms with Crippen molar-refractivity contribution < 1.29 is 4.79 Å². The SMILES string of the molecule is Cl.O=C(Cc1ccccc1)N1CCNCC1c1cccnc1. The molecular formula is C17H20ClN3O. The van der Waals surface area contributed by atoms with E-state index in [9.17, 15) is 4.79 Å². The Labute approximate surface area is 137 Å². The summed E-state index contributed by atoms with van der Waals surface area (Å²) in [4.78, 5) is 18.8. The van der Waals surface area contributed by atoms with Gasteiger partial charge in [-0.2, -0.15) is 0 Å². The van der Waals surface area contributed by atoms with Gasteiger partial charge in [0.1, 0.15) is 0 Å². The Morgan fingerprint density at radius 2 is 2.05 bits per heavy atom. The highest BCUT2D eigenvalue weighted by molar-refractivity contribution is 5.85. The zero-order chi connectivity index (χ0) is 14.5. The van der Waals surface area contributed by atoms with Crippen LogP contribution < -0.4 is 5.32 Å². The zero-order valence-corrected chi connectivity index (χ0v) is 13.1. The second-order valence-corrected chi connectivity index (χ2v) is 5.26. The topological polar surface area (TPSA) is 45.2 Å². The molecule has 5 heteroatoms. The van der Waals surface area contributed by atoms with Crippen molar-refractivity contribution in [1.29, 1.82) is 0 Å². The Kier molecular flexibility index (Phi) is 5.92. The number of carbonyl (C=O) groups excluding carboxylic acids is 1. The highest BCUT2D eigenvalue weighted by atomic mass is 35.5. The van der Waals surface area contributed by atoms with Crippen LogP contribution in [0.5, 0.6) is 0 Å². The van der Waals surface area contributed by atoms with Crippen molar-refractivity contribution in [1.82, 2.24) is 15.2 Å². The van der Waals surface area contributed by atoms with E-state index in [0.29, 0.717) is 6.42 Å². The standard InChI is InChI=1S/C17H19N3O.ClH/c21-17(11-14-5-2-1-3-6-14)20-10-9-19-13-16(20)15-7-4-8-18-12-15;/h1-8,12,16,19H,9-11,13H2;1H. The number of benzene rings is 1. The van der Waals surface area contributed by atoms with Crippen LogP contribution in [0.15, 0.2) is 54.9 Å². The van der Waals surface area contributed by atoms with Crippen LogP contribution in [-0.4, -0.2) is 35.4 Å². The second kappa shape index (κ2) is 7.92. The molecule has 2 aromatic rings. The molecule has 1 unspecified atom stereocenters. The van der Waals surface area contributed by atoms with Crippen LogP contribution in [-0.2, 0) is 11.2 Å². The highest BCUT2D eigenvalue weighted by Crippen LogP contribution is 2.22. The number of nitrogens with one attached hydrogen (secondary N) is 1. The van der Waals surface area contributed by atoms with Crippen molar-refractivity contribution in [3.63, 3.8) is 0 Å². The van der Waals surface area contributed by atoms with E-state index < -0.39 is 0 Å². The van der Waals surface area contributed by atoms with Crippen molar-refractivity contribution in [2.24, 2.45) is 0 Å². The van der Waals surface area contributed by atoms with Crippen molar-refractivity contribution in [2.45, 2.75) is 12.5 Å². The van der Waals surface area contributed by atoms with Crippen LogP contribution in [0.1, 0.15) is 17.2 Å². The van der Waals surface area contributed by atoms with Gasteiger partial charge in [-0.15, -0.1) is 12.4 Å². The molecule has 1 atom stereocenters. The Bertz CT molecular complexity index is 591. The molecule has 0 bridgehead atoms. The first-order valence-corrected chi connectivity index (χ1v) is 7.28. The van der Waals surface area contributed by atoms with Crippen LogP contribution >= 0.6 is 12.4 Å². The van der Waals surface area contributed by atoms with Gasteiger partial charge >= 0.3 is 0 Å². The molecule has 1 aliphatic rings. The first-order valence-electron chi connectivity index (χ1n) is 7.28. The lowest BCUT2D eigenvalue weighted by Gasteiger charge is -2.36. The maximum Gasteiger partial charge on any atom is 0.227 e. The van der Waals surface area contributed by atoms with E-state index in [0.717, 1.165) is 30.8 Å². The van der Waals surface area contributed by atoms with E-state index in [4.69, 9.17) is 0 Å². The maximum absolute atomic E-state index is 12.6. The smallest absolute Gasteiger partial charge is 0.227 e. The van der Waals surface area contributed by atoms with Gasteiger partial charge in [-0.05, 0) is 17.2 Å². The van der Waals surface area contributed by atoms with E-state index in [2.05, 4.69) is 10.3 Å². The van der Waals surface area contributed by atoms with Crippen molar-refractivity contribution in [3.05, 3.63) is 66.0 Å². The molecular weight excluding hydrogens is 298 g/mol. The van der Waals surface area contributed by atoms with Crippen molar-refractivity contribution >= 4 is 18.3 Å². The van der Waals surface area contributed by atoms with Gasteiger partial charge in [0.05, 0.1) is 12.5 Å². The normalized spacial score (nSPS) is 17.6. The minimum absolute atomic E-state index is 0. The molecule has 4 nitrogen and oxygen atoms in total. The molecule has 0 aliphatic carbocycles. The molecule has 1 amide bonds. The summed E-state index contributed by atoms with van der Waals surface area (Å²) in [6.07, 6.45) is 4.06. The number of halogens is 1. The van der Waals surface area contributed by atoms with Gasteiger partial charge in [-0.25, -0.2) is 0 Å². The average Bonchev–Trinajstić information content (AvgIpc) is 2.56. The number of amides is 1. The first-order chi connectivity index (χ1) is 10.3. The molecule has 3 rings (SSSR count). The molecule has 1 aliphatic heterocycles. The Hall–Kier alpha value is -1.91. The minimum Gasteiger partial charge on any atom is -0.333 e. The quantitative estimate of drug-likeness (QED) is 0.944. The Morgan fingerprint density at radius 1 is 1.23 bits per heavy atom. The van der Waals surface area contributed by atoms with Crippen LogP contribution in [0, 0.1) is 0 Å². The summed E-state index contributed by atoms with van der Waals surface area (Å²) in [5.74, 6) is 0.177. The van der Waals surface area contributed by atoms with Crippen molar-refractivity contribution in [2.75, 3.05) is 19.6 Å². The predicted octanol–water partition coefficient (Wildman–Crippen LogP) is 2.22. The van der Waals surface area contributed by atoms with Gasteiger partial charge in [-0.1, -0.05) is 36.4 Å². The number of hydrogen-bond acceptors (Lipinski definition) is 3. The number of hydrogen-bond donors (Lipinski definition) is 1. The summed E-state index contributed by atoms with van der Waals surface area (Å²) < 4.78 is 0. The van der Waals surface area contributed by atoms with E-state index >= 15 is 0 Å². The molecule has 2 heterocycles. The monoisotopic (exact) mass is 317 g/mol. The molecule has 1 aromatic carbocycles. The Balaban J connectivity index is 0.00000176. The average molecular weight is 318 g/mol. The third-order valence-corrected chi connectivity index (χ3v) is 3.83. The fraction of sp³-hybridized carbons (Fsp3) is 0.294. The Morgan fingerprint density at radius 3 is 2.77 bits per heavy atom. The molecule has 0 spiro atoms. The van der Waals surface area contributed by atoms with E-state index in [1.807, 2.05) is 53.6 Å².